The predicted molar refractivity (Wildman–Crippen MR) is 95.3 cm³/mol. The Morgan fingerprint density at radius 1 is 1.42 bits per heavy atom. The van der Waals surface area contributed by atoms with Crippen LogP contribution >= 0.6 is 27.3 Å². The Balaban J connectivity index is 2.44. The fraction of sp³-hybridized carbons (Fsp3) is 0.533. The molecule has 24 heavy (non-hydrogen) atoms. The highest BCUT2D eigenvalue weighted by Gasteiger charge is 2.57. The molecule has 7 nitrogen and oxygen atoms in total. The second-order valence-electron chi connectivity index (χ2n) is 6.76. The third-order valence-corrected chi connectivity index (χ3v) is 6.05. The van der Waals surface area contributed by atoms with E-state index >= 15 is 0 Å². The maximum absolute atomic E-state index is 13.1. The molecule has 132 valence electrons. The Kier molecular flexibility index (Phi) is 4.96. The molecule has 0 spiro atoms. The van der Waals surface area contributed by atoms with Crippen molar-refractivity contribution in [3.63, 3.8) is 0 Å². The highest BCUT2D eigenvalue weighted by Crippen LogP contribution is 2.45. The number of hydrogen-bond donors (Lipinski definition) is 3. The van der Waals surface area contributed by atoms with Gasteiger partial charge in [0.15, 0.2) is 0 Å². The second-order valence-corrected chi connectivity index (χ2v) is 9.19. The first kappa shape index (κ1) is 18.7. The van der Waals surface area contributed by atoms with Crippen molar-refractivity contribution < 1.29 is 19.5 Å². The Bertz CT molecular complexity index is 697. The van der Waals surface area contributed by atoms with E-state index in [9.17, 15) is 19.5 Å². The Morgan fingerprint density at radius 3 is 2.54 bits per heavy atom. The molecule has 0 unspecified atom stereocenters. The Morgan fingerprint density at radius 2 is 2.04 bits per heavy atom. The number of carboxylic acid groups (broad SMARTS) is 1. The lowest BCUT2D eigenvalue weighted by Crippen LogP contribution is -2.62. The highest BCUT2D eigenvalue weighted by atomic mass is 79.9. The van der Waals surface area contributed by atoms with Crippen molar-refractivity contribution in [2.45, 2.75) is 39.2 Å². The van der Waals surface area contributed by atoms with Gasteiger partial charge in [-0.2, -0.15) is 0 Å². The standard InChI is InChI=1S/C15H20BrN3O4S/c1-14(2,3)15(5-4-6-19(15)13(22)23)12(21)18-8-7-9(16)24-10(8)11(17)20/h7H,4-6H2,1-3H3,(H2,17,20)(H,18,21)(H,22,23)/t15-/m1/s1. The first-order valence-electron chi connectivity index (χ1n) is 7.42. The van der Waals surface area contributed by atoms with Crippen LogP contribution in [0.5, 0.6) is 0 Å². The van der Waals surface area contributed by atoms with Crippen molar-refractivity contribution in [3.05, 3.63) is 14.7 Å². The summed E-state index contributed by atoms with van der Waals surface area (Å²) in [5, 5.41) is 12.3. The maximum Gasteiger partial charge on any atom is 0.408 e. The molecule has 0 radical (unpaired) electrons. The molecule has 0 aromatic carbocycles. The lowest BCUT2D eigenvalue weighted by atomic mass is 9.71. The number of thiophene rings is 1. The number of nitrogens with one attached hydrogen (secondary N) is 1. The average Bonchev–Trinajstić information content (AvgIpc) is 3.02. The van der Waals surface area contributed by atoms with E-state index in [4.69, 9.17) is 5.73 Å². The number of halogens is 1. The fourth-order valence-electron chi connectivity index (χ4n) is 3.30. The van der Waals surface area contributed by atoms with Crippen molar-refractivity contribution in [2.24, 2.45) is 11.1 Å². The number of likely N-dealkylation sites (tertiary alicyclic amines) is 1. The number of carbonyl (C=O) groups excluding carboxylic acids is 2. The van der Waals surface area contributed by atoms with Gasteiger partial charge < -0.3 is 16.2 Å². The number of nitrogens with zero attached hydrogens (tertiary/aromatic N) is 1. The minimum Gasteiger partial charge on any atom is -0.465 e. The number of rotatable bonds is 3. The molecule has 1 saturated heterocycles. The summed E-state index contributed by atoms with van der Waals surface area (Å²) in [6.07, 6.45) is -0.0991. The molecule has 9 heteroatoms. The summed E-state index contributed by atoms with van der Waals surface area (Å²) in [6.45, 7) is 5.82. The summed E-state index contributed by atoms with van der Waals surface area (Å²) in [5.41, 5.74) is 3.82. The van der Waals surface area contributed by atoms with Crippen LogP contribution in [-0.2, 0) is 4.79 Å². The van der Waals surface area contributed by atoms with E-state index in [-0.39, 0.29) is 4.88 Å². The van der Waals surface area contributed by atoms with Crippen LogP contribution in [0.3, 0.4) is 0 Å². The van der Waals surface area contributed by atoms with Crippen molar-refractivity contribution in [1.29, 1.82) is 0 Å². The molecule has 1 aliphatic rings. The van der Waals surface area contributed by atoms with Crippen LogP contribution in [0.4, 0.5) is 10.5 Å². The Labute approximate surface area is 152 Å². The smallest absolute Gasteiger partial charge is 0.408 e. The zero-order valence-electron chi connectivity index (χ0n) is 13.7. The SMILES string of the molecule is CC(C)(C)[C@]1(C(=O)Nc2cc(Br)sc2C(N)=O)CCCN1C(=O)O. The second kappa shape index (κ2) is 6.36. The van der Waals surface area contributed by atoms with Crippen LogP contribution in [0.2, 0.25) is 0 Å². The van der Waals surface area contributed by atoms with Gasteiger partial charge in [-0.05, 0) is 40.3 Å². The van der Waals surface area contributed by atoms with Gasteiger partial charge in [0.1, 0.15) is 10.4 Å². The molecule has 2 rings (SSSR count). The highest BCUT2D eigenvalue weighted by molar-refractivity contribution is 9.11. The minimum atomic E-state index is -1.21. The number of anilines is 1. The van der Waals surface area contributed by atoms with Gasteiger partial charge in [-0.15, -0.1) is 11.3 Å². The summed E-state index contributed by atoms with van der Waals surface area (Å²) < 4.78 is 0.651. The molecule has 2 heterocycles. The molecule has 1 atom stereocenters. The van der Waals surface area contributed by atoms with Gasteiger partial charge >= 0.3 is 6.09 Å². The number of amides is 3. The molecule has 0 bridgehead atoms. The summed E-state index contributed by atoms with van der Waals surface area (Å²) >= 11 is 4.39. The third kappa shape index (κ3) is 3.02. The van der Waals surface area contributed by atoms with Crippen LogP contribution in [0.1, 0.15) is 43.3 Å². The monoisotopic (exact) mass is 417 g/mol. The lowest BCUT2D eigenvalue weighted by molar-refractivity contribution is -0.131. The zero-order chi connectivity index (χ0) is 18.3. The van der Waals surface area contributed by atoms with E-state index in [1.807, 2.05) is 20.8 Å². The van der Waals surface area contributed by atoms with E-state index in [0.29, 0.717) is 28.9 Å². The average molecular weight is 418 g/mol. The molecule has 1 aromatic heterocycles. The van der Waals surface area contributed by atoms with E-state index in [0.717, 1.165) is 11.3 Å². The van der Waals surface area contributed by atoms with E-state index in [1.165, 1.54) is 4.90 Å². The molecule has 0 saturated carbocycles. The first-order valence-corrected chi connectivity index (χ1v) is 9.03. The van der Waals surface area contributed by atoms with Crippen molar-refractivity contribution >= 4 is 50.9 Å². The summed E-state index contributed by atoms with van der Waals surface area (Å²) in [4.78, 5) is 37.7. The zero-order valence-corrected chi connectivity index (χ0v) is 16.1. The molecule has 4 N–H and O–H groups in total. The molecule has 1 aromatic rings. The summed E-state index contributed by atoms with van der Waals surface area (Å²) in [5.74, 6) is -1.09. The van der Waals surface area contributed by atoms with Gasteiger partial charge in [-0.1, -0.05) is 20.8 Å². The predicted octanol–water partition coefficient (Wildman–Crippen LogP) is 3.11. The topological polar surface area (TPSA) is 113 Å². The molecule has 0 aliphatic carbocycles. The van der Waals surface area contributed by atoms with Gasteiger partial charge in [0.05, 0.1) is 9.47 Å². The number of nitrogens with two attached hydrogens (primary N) is 1. The number of primary amides is 1. The van der Waals surface area contributed by atoms with E-state index in [1.54, 1.807) is 6.07 Å². The molecular weight excluding hydrogens is 398 g/mol. The van der Waals surface area contributed by atoms with Gasteiger partial charge in [0, 0.05) is 6.54 Å². The van der Waals surface area contributed by atoms with Crippen molar-refractivity contribution in [1.82, 2.24) is 4.90 Å². The fourth-order valence-corrected chi connectivity index (χ4v) is 4.70. The van der Waals surface area contributed by atoms with Crippen molar-refractivity contribution in [2.75, 3.05) is 11.9 Å². The number of hydrogen-bond acceptors (Lipinski definition) is 4. The first-order chi connectivity index (χ1) is 11.0. The van der Waals surface area contributed by atoms with Crippen molar-refractivity contribution in [3.8, 4) is 0 Å². The Hall–Kier alpha value is -1.61. The van der Waals surface area contributed by atoms with Crippen LogP contribution in [0.15, 0.2) is 9.85 Å². The minimum absolute atomic E-state index is 0.221. The van der Waals surface area contributed by atoms with E-state index in [2.05, 4.69) is 21.2 Å². The molecule has 3 amide bonds. The summed E-state index contributed by atoms with van der Waals surface area (Å²) in [7, 11) is 0. The quantitative estimate of drug-likeness (QED) is 0.700. The van der Waals surface area contributed by atoms with Crippen LogP contribution in [0, 0.1) is 5.41 Å². The van der Waals surface area contributed by atoms with Crippen LogP contribution < -0.4 is 11.1 Å². The molecular formula is C15H20BrN3O4S. The molecule has 1 fully saturated rings. The number of carbonyl (C=O) groups is 3. The van der Waals surface area contributed by atoms with Gasteiger partial charge in [-0.25, -0.2) is 4.79 Å². The van der Waals surface area contributed by atoms with Crippen LogP contribution in [0.25, 0.3) is 0 Å². The molecule has 1 aliphatic heterocycles. The van der Waals surface area contributed by atoms with Gasteiger partial charge in [0.25, 0.3) is 11.8 Å². The lowest BCUT2D eigenvalue weighted by Gasteiger charge is -2.45. The third-order valence-electron chi connectivity index (χ3n) is 4.40. The van der Waals surface area contributed by atoms with Crippen LogP contribution in [-0.4, -0.2) is 40.0 Å². The van der Waals surface area contributed by atoms with Gasteiger partial charge in [0.2, 0.25) is 0 Å². The van der Waals surface area contributed by atoms with E-state index < -0.39 is 28.9 Å². The maximum atomic E-state index is 13.1. The normalized spacial score (nSPS) is 20.9. The van der Waals surface area contributed by atoms with Gasteiger partial charge in [-0.3, -0.25) is 14.5 Å². The largest absolute Gasteiger partial charge is 0.465 e. The summed E-state index contributed by atoms with van der Waals surface area (Å²) in [6, 6.07) is 1.60.